The number of amides is 1. The highest BCUT2D eigenvalue weighted by Crippen LogP contribution is 2.22. The Morgan fingerprint density at radius 3 is 3.00 bits per heavy atom. The van der Waals surface area contributed by atoms with Gasteiger partial charge in [0.15, 0.2) is 5.69 Å². The van der Waals surface area contributed by atoms with Gasteiger partial charge in [-0.3, -0.25) is 9.78 Å². The van der Waals surface area contributed by atoms with Gasteiger partial charge in [-0.15, -0.1) is 0 Å². The maximum atomic E-state index is 11.8. The molecule has 0 spiro atoms. The zero-order valence-corrected chi connectivity index (χ0v) is 12.8. The van der Waals surface area contributed by atoms with E-state index in [0.717, 1.165) is 16.7 Å². The second-order valence-corrected chi connectivity index (χ2v) is 5.11. The molecule has 0 radical (unpaired) electrons. The van der Waals surface area contributed by atoms with Crippen LogP contribution >= 0.6 is 0 Å². The van der Waals surface area contributed by atoms with E-state index in [1.165, 1.54) is 0 Å². The lowest BCUT2D eigenvalue weighted by Gasteiger charge is -2.08. The third-order valence-corrected chi connectivity index (χ3v) is 3.32. The third-order valence-electron chi connectivity index (χ3n) is 3.32. The van der Waals surface area contributed by atoms with Gasteiger partial charge in [0.2, 0.25) is 0 Å². The molecule has 118 valence electrons. The molecule has 1 amide bonds. The normalized spacial score (nSPS) is 10.7. The first-order chi connectivity index (χ1) is 11.2. The van der Waals surface area contributed by atoms with Crippen molar-refractivity contribution in [2.75, 3.05) is 13.2 Å². The summed E-state index contributed by atoms with van der Waals surface area (Å²) in [6.45, 7) is 2.74. The largest absolute Gasteiger partial charge is 0.491 e. The molecule has 0 atom stereocenters. The Hall–Kier alpha value is -2.89. The van der Waals surface area contributed by atoms with Gasteiger partial charge in [0.25, 0.3) is 5.91 Å². The molecule has 0 fully saturated rings. The second kappa shape index (κ2) is 6.91. The Morgan fingerprint density at radius 2 is 2.17 bits per heavy atom. The molecule has 2 heterocycles. The molecule has 0 unspecified atom stereocenters. The number of rotatable bonds is 6. The van der Waals surface area contributed by atoms with Crippen LogP contribution in [0.25, 0.3) is 10.9 Å². The predicted molar refractivity (Wildman–Crippen MR) is 85.4 cm³/mol. The number of nitrogens with zero attached hydrogens (tertiary/aromatic N) is 2. The molecule has 2 aromatic heterocycles. The van der Waals surface area contributed by atoms with Crippen LogP contribution in [0.2, 0.25) is 0 Å². The quantitative estimate of drug-likeness (QED) is 0.708. The van der Waals surface area contributed by atoms with Gasteiger partial charge in [0, 0.05) is 24.2 Å². The van der Waals surface area contributed by atoms with Crippen LogP contribution in [0.4, 0.5) is 0 Å². The number of ether oxygens (including phenoxy) is 1. The Labute approximate surface area is 133 Å². The van der Waals surface area contributed by atoms with E-state index in [1.54, 1.807) is 19.2 Å². The minimum Gasteiger partial charge on any atom is -0.491 e. The molecule has 0 bridgehead atoms. The molecular formula is C17H17N3O3. The molecule has 0 saturated carbocycles. The fourth-order valence-corrected chi connectivity index (χ4v) is 2.21. The summed E-state index contributed by atoms with van der Waals surface area (Å²) in [6.07, 6.45) is 2.43. The van der Waals surface area contributed by atoms with Crippen LogP contribution in [-0.4, -0.2) is 29.2 Å². The summed E-state index contributed by atoms with van der Waals surface area (Å²) >= 11 is 0. The number of aryl methyl sites for hydroxylation is 1. The summed E-state index contributed by atoms with van der Waals surface area (Å²) in [5, 5.41) is 7.49. The number of pyridine rings is 1. The zero-order valence-electron chi connectivity index (χ0n) is 12.8. The Bertz CT molecular complexity index is 808. The summed E-state index contributed by atoms with van der Waals surface area (Å²) in [4.78, 5) is 16.1. The predicted octanol–water partition coefficient (Wildman–Crippen LogP) is 2.73. The highest BCUT2D eigenvalue weighted by atomic mass is 16.5. The lowest BCUT2D eigenvalue weighted by atomic mass is 10.2. The first kappa shape index (κ1) is 15.0. The molecule has 3 aromatic rings. The fraction of sp³-hybridized carbons (Fsp3) is 0.235. The van der Waals surface area contributed by atoms with Crippen LogP contribution in [0.15, 0.2) is 47.1 Å². The van der Waals surface area contributed by atoms with Crippen LogP contribution in [0.5, 0.6) is 5.75 Å². The average molecular weight is 311 g/mol. The minimum atomic E-state index is -0.242. The minimum absolute atomic E-state index is 0.242. The summed E-state index contributed by atoms with van der Waals surface area (Å²) in [5.74, 6) is 1.12. The number of aromatic nitrogens is 2. The first-order valence-electron chi connectivity index (χ1n) is 7.42. The van der Waals surface area contributed by atoms with E-state index in [0.29, 0.717) is 31.0 Å². The van der Waals surface area contributed by atoms with E-state index in [-0.39, 0.29) is 5.91 Å². The molecule has 0 aliphatic rings. The lowest BCUT2D eigenvalue weighted by Crippen LogP contribution is -2.25. The standard InChI is InChI=1S/C17H17N3O3/c1-12-11-14(20-23-12)17(21)19-9-4-10-22-15-7-2-5-13-6-3-8-18-16(13)15/h2-3,5-8,11H,4,9-10H2,1H3,(H,19,21). The van der Waals surface area contributed by atoms with Crippen molar-refractivity contribution in [2.45, 2.75) is 13.3 Å². The number of carbonyl (C=O) groups excluding carboxylic acids is 1. The summed E-state index contributed by atoms with van der Waals surface area (Å²) < 4.78 is 10.6. The van der Waals surface area contributed by atoms with Crippen molar-refractivity contribution in [1.29, 1.82) is 0 Å². The highest BCUT2D eigenvalue weighted by molar-refractivity contribution is 5.92. The number of benzene rings is 1. The maximum Gasteiger partial charge on any atom is 0.273 e. The van der Waals surface area contributed by atoms with Gasteiger partial charge in [-0.2, -0.15) is 0 Å². The van der Waals surface area contributed by atoms with Gasteiger partial charge < -0.3 is 14.6 Å². The van der Waals surface area contributed by atoms with E-state index >= 15 is 0 Å². The summed E-state index contributed by atoms with van der Waals surface area (Å²) in [5.41, 5.74) is 1.14. The van der Waals surface area contributed by atoms with Gasteiger partial charge >= 0.3 is 0 Å². The zero-order chi connectivity index (χ0) is 16.1. The molecule has 3 rings (SSSR count). The van der Waals surface area contributed by atoms with Crippen molar-refractivity contribution in [3.63, 3.8) is 0 Å². The van der Waals surface area contributed by atoms with Gasteiger partial charge in [-0.05, 0) is 25.5 Å². The monoisotopic (exact) mass is 311 g/mol. The van der Waals surface area contributed by atoms with Crippen molar-refractivity contribution in [3.05, 3.63) is 54.0 Å². The maximum absolute atomic E-state index is 11.8. The van der Waals surface area contributed by atoms with E-state index < -0.39 is 0 Å². The van der Waals surface area contributed by atoms with Crippen LogP contribution in [0.1, 0.15) is 22.7 Å². The lowest BCUT2D eigenvalue weighted by molar-refractivity contribution is 0.0942. The van der Waals surface area contributed by atoms with Gasteiger partial charge in [0.1, 0.15) is 17.0 Å². The van der Waals surface area contributed by atoms with Gasteiger partial charge in [-0.25, -0.2) is 0 Å². The first-order valence-corrected chi connectivity index (χ1v) is 7.42. The topological polar surface area (TPSA) is 77.2 Å². The number of para-hydroxylation sites is 1. The molecule has 6 heteroatoms. The fourth-order valence-electron chi connectivity index (χ4n) is 2.21. The van der Waals surface area contributed by atoms with Crippen molar-refractivity contribution < 1.29 is 14.1 Å². The Morgan fingerprint density at radius 1 is 1.30 bits per heavy atom. The van der Waals surface area contributed by atoms with Crippen molar-refractivity contribution in [2.24, 2.45) is 0 Å². The Balaban J connectivity index is 1.47. The van der Waals surface area contributed by atoms with E-state index in [9.17, 15) is 4.79 Å². The van der Waals surface area contributed by atoms with Crippen molar-refractivity contribution >= 4 is 16.8 Å². The average Bonchev–Trinajstić information content (AvgIpc) is 3.01. The smallest absolute Gasteiger partial charge is 0.273 e. The van der Waals surface area contributed by atoms with E-state index in [2.05, 4.69) is 15.5 Å². The Kier molecular flexibility index (Phi) is 4.52. The van der Waals surface area contributed by atoms with Crippen LogP contribution in [0.3, 0.4) is 0 Å². The molecule has 0 aliphatic heterocycles. The van der Waals surface area contributed by atoms with Crippen molar-refractivity contribution in [1.82, 2.24) is 15.5 Å². The van der Waals surface area contributed by atoms with Crippen molar-refractivity contribution in [3.8, 4) is 5.75 Å². The van der Waals surface area contributed by atoms with Gasteiger partial charge in [-0.1, -0.05) is 23.4 Å². The SMILES string of the molecule is Cc1cc(C(=O)NCCCOc2cccc3cccnc23)no1. The number of fused-ring (bicyclic) bond motifs is 1. The summed E-state index contributed by atoms with van der Waals surface area (Å²) in [7, 11) is 0. The molecule has 0 saturated heterocycles. The number of nitrogens with one attached hydrogen (secondary N) is 1. The van der Waals surface area contributed by atoms with Crippen LogP contribution in [0, 0.1) is 6.92 Å². The van der Waals surface area contributed by atoms with Gasteiger partial charge in [0.05, 0.1) is 6.61 Å². The summed E-state index contributed by atoms with van der Waals surface area (Å²) in [6, 6.07) is 11.3. The van der Waals surface area contributed by atoms with Crippen LogP contribution < -0.4 is 10.1 Å². The van der Waals surface area contributed by atoms with E-state index in [4.69, 9.17) is 9.26 Å². The molecular weight excluding hydrogens is 294 g/mol. The molecule has 1 N–H and O–H groups in total. The van der Waals surface area contributed by atoms with Crippen LogP contribution in [-0.2, 0) is 0 Å². The second-order valence-electron chi connectivity index (χ2n) is 5.11. The molecule has 1 aromatic carbocycles. The molecule has 6 nitrogen and oxygen atoms in total. The highest BCUT2D eigenvalue weighted by Gasteiger charge is 2.09. The number of hydrogen-bond donors (Lipinski definition) is 1. The number of carbonyl (C=O) groups is 1. The van der Waals surface area contributed by atoms with E-state index in [1.807, 2.05) is 30.3 Å². The molecule has 23 heavy (non-hydrogen) atoms. The molecule has 0 aliphatic carbocycles. The third kappa shape index (κ3) is 3.66. The number of hydrogen-bond acceptors (Lipinski definition) is 5.